The molecule has 2 unspecified atom stereocenters. The highest BCUT2D eigenvalue weighted by Gasteiger charge is 2.34. The van der Waals surface area contributed by atoms with E-state index < -0.39 is 17.5 Å². The van der Waals surface area contributed by atoms with Gasteiger partial charge in [-0.05, 0) is 74.9 Å². The Morgan fingerprint density at radius 2 is 1.76 bits per heavy atom. The summed E-state index contributed by atoms with van der Waals surface area (Å²) in [5.41, 5.74) is 5.25. The molecule has 4 heterocycles. The third kappa shape index (κ3) is 8.08. The average Bonchev–Trinajstić information content (AvgIpc) is 3.66. The number of hydrogen-bond donors (Lipinski definition) is 3. The van der Waals surface area contributed by atoms with Crippen molar-refractivity contribution in [2.75, 3.05) is 44.6 Å². The Bertz CT molecular complexity index is 1840. The first-order valence-electron chi connectivity index (χ1n) is 17.4. The van der Waals surface area contributed by atoms with Crippen LogP contribution in [0.25, 0.3) is 33.5 Å². The number of rotatable bonds is 7. The Kier molecular flexibility index (Phi) is 10.1. The first kappa shape index (κ1) is 35.3. The number of β-amino-alcohol motifs (C(OH)–C–C–N with tert-alkyl or cyclic N) is 1. The summed E-state index contributed by atoms with van der Waals surface area (Å²) in [5.74, 6) is -0.0638. The maximum Gasteiger partial charge on any atom is 0.410 e. The van der Waals surface area contributed by atoms with Crippen LogP contribution in [0.1, 0.15) is 52.2 Å². The standard InChI is InChI=1S/C38H48FN7O4/c1-23(2)15-27-20-46(21-33(27)47)36(48)43-31-17-28(39)16-29(24(31)3)34-30-18-32(42-35(30)41-22-40-34)26-9-7-25(8-10-26)19-44-11-13-45(14-12-44)37(49)50-38(4,5)6/h7-10,16-18,22-23,27,33,47H,11-15,19-21H2,1-6H3,(H,43,48)(H,40,41,42). The molecule has 2 aliphatic rings. The molecule has 3 N–H and O–H groups in total. The second kappa shape index (κ2) is 14.4. The summed E-state index contributed by atoms with van der Waals surface area (Å²) in [6.45, 7) is 16.0. The second-order valence-corrected chi connectivity index (χ2v) is 15.0. The van der Waals surface area contributed by atoms with Crippen LogP contribution in [0.15, 0.2) is 48.8 Å². The number of anilines is 1. The third-order valence-corrected chi connectivity index (χ3v) is 9.46. The van der Waals surface area contributed by atoms with Crippen molar-refractivity contribution in [2.45, 2.75) is 66.2 Å². The maximum absolute atomic E-state index is 15.1. The van der Waals surface area contributed by atoms with Crippen LogP contribution in [0, 0.1) is 24.6 Å². The number of benzene rings is 2. The molecule has 2 aliphatic heterocycles. The molecular formula is C38H48FN7O4. The normalized spacial score (nSPS) is 18.7. The van der Waals surface area contributed by atoms with Gasteiger partial charge in [0, 0.05) is 74.1 Å². The lowest BCUT2D eigenvalue weighted by molar-refractivity contribution is 0.0139. The minimum Gasteiger partial charge on any atom is -0.444 e. The third-order valence-electron chi connectivity index (χ3n) is 9.46. The van der Waals surface area contributed by atoms with Gasteiger partial charge in [0.1, 0.15) is 23.4 Å². The van der Waals surface area contributed by atoms with Crippen LogP contribution in [0.2, 0.25) is 0 Å². The van der Waals surface area contributed by atoms with Gasteiger partial charge >= 0.3 is 12.1 Å². The zero-order valence-electron chi connectivity index (χ0n) is 29.8. The van der Waals surface area contributed by atoms with Crippen molar-refractivity contribution in [3.05, 3.63) is 65.7 Å². The predicted octanol–water partition coefficient (Wildman–Crippen LogP) is 6.66. The molecule has 2 atom stereocenters. The number of carbonyl (C=O) groups excluding carboxylic acids is 2. The first-order chi connectivity index (χ1) is 23.7. The molecule has 6 rings (SSSR count). The van der Waals surface area contributed by atoms with Crippen LogP contribution >= 0.6 is 0 Å². The van der Waals surface area contributed by atoms with E-state index in [0.29, 0.717) is 53.7 Å². The highest BCUT2D eigenvalue weighted by molar-refractivity contribution is 5.97. The van der Waals surface area contributed by atoms with Crippen LogP contribution in [0.3, 0.4) is 0 Å². The van der Waals surface area contributed by atoms with Crippen molar-refractivity contribution in [3.8, 4) is 22.5 Å². The number of halogens is 1. The van der Waals surface area contributed by atoms with Gasteiger partial charge < -0.3 is 29.9 Å². The molecule has 266 valence electrons. The second-order valence-electron chi connectivity index (χ2n) is 15.0. The number of urea groups is 1. The average molecular weight is 686 g/mol. The number of nitrogens with one attached hydrogen (secondary N) is 2. The van der Waals surface area contributed by atoms with Gasteiger partial charge in [-0.15, -0.1) is 0 Å². The lowest BCUT2D eigenvalue weighted by Crippen LogP contribution is -2.49. The SMILES string of the molecule is Cc1c(NC(=O)N2CC(O)C(CC(C)C)C2)cc(F)cc1-c1ncnc2[nH]c(-c3ccc(CN4CCN(C(=O)OC(C)(C)C)CC4)cc3)cc12. The molecule has 2 aromatic heterocycles. The van der Waals surface area contributed by atoms with Gasteiger partial charge in [0.25, 0.3) is 0 Å². The lowest BCUT2D eigenvalue weighted by Gasteiger charge is -2.35. The van der Waals surface area contributed by atoms with E-state index in [1.54, 1.807) is 9.80 Å². The Morgan fingerprint density at radius 1 is 1.04 bits per heavy atom. The number of aliphatic hydroxyl groups is 1. The fourth-order valence-electron chi connectivity index (χ4n) is 6.88. The van der Waals surface area contributed by atoms with Gasteiger partial charge in [-0.3, -0.25) is 4.90 Å². The zero-order valence-corrected chi connectivity index (χ0v) is 29.8. The van der Waals surface area contributed by atoms with Gasteiger partial charge in [0.15, 0.2) is 0 Å². The fraction of sp³-hybridized carbons (Fsp3) is 0.474. The van der Waals surface area contributed by atoms with Crippen molar-refractivity contribution in [1.82, 2.24) is 29.7 Å². The Labute approximate surface area is 292 Å². The summed E-state index contributed by atoms with van der Waals surface area (Å²) >= 11 is 0. The number of aromatic nitrogens is 3. The van der Waals surface area contributed by atoms with Crippen LogP contribution in [-0.4, -0.2) is 97.9 Å². The summed E-state index contributed by atoms with van der Waals surface area (Å²) in [5, 5.41) is 14.1. The maximum atomic E-state index is 15.1. The van der Waals surface area contributed by atoms with Crippen LogP contribution in [0.5, 0.6) is 0 Å². The van der Waals surface area contributed by atoms with E-state index >= 15 is 4.39 Å². The number of ether oxygens (including phenoxy) is 1. The quantitative estimate of drug-likeness (QED) is 0.199. The van der Waals surface area contributed by atoms with Crippen molar-refractivity contribution in [3.63, 3.8) is 0 Å². The number of amides is 3. The molecule has 0 bridgehead atoms. The summed E-state index contributed by atoms with van der Waals surface area (Å²) in [6.07, 6.45) is 1.44. The number of H-pyrrole nitrogens is 1. The summed E-state index contributed by atoms with van der Waals surface area (Å²) < 4.78 is 20.6. The number of hydrogen-bond acceptors (Lipinski definition) is 7. The smallest absolute Gasteiger partial charge is 0.410 e. The molecule has 4 aromatic rings. The lowest BCUT2D eigenvalue weighted by atomic mass is 9.95. The van der Waals surface area contributed by atoms with Crippen molar-refractivity contribution >= 4 is 28.8 Å². The monoisotopic (exact) mass is 685 g/mol. The predicted molar refractivity (Wildman–Crippen MR) is 192 cm³/mol. The van der Waals surface area contributed by atoms with Gasteiger partial charge in [-0.2, -0.15) is 0 Å². The van der Waals surface area contributed by atoms with Gasteiger partial charge in [0.2, 0.25) is 0 Å². The molecular weight excluding hydrogens is 637 g/mol. The minimum atomic E-state index is -0.575. The number of aromatic amines is 1. The summed E-state index contributed by atoms with van der Waals surface area (Å²) in [7, 11) is 0. The molecule has 12 heteroatoms. The molecule has 0 aliphatic carbocycles. The molecule has 3 amide bonds. The van der Waals surface area contributed by atoms with Crippen molar-refractivity contribution in [2.24, 2.45) is 11.8 Å². The number of nitrogens with zero attached hydrogens (tertiary/aromatic N) is 5. The van der Waals surface area contributed by atoms with E-state index in [4.69, 9.17) is 4.74 Å². The van der Waals surface area contributed by atoms with Crippen LogP contribution in [-0.2, 0) is 11.3 Å². The van der Waals surface area contributed by atoms with Crippen molar-refractivity contribution < 1.29 is 23.8 Å². The Hall–Kier alpha value is -4.55. The van der Waals surface area contributed by atoms with Crippen molar-refractivity contribution in [1.29, 1.82) is 0 Å². The number of fused-ring (bicyclic) bond motifs is 1. The number of carbonyl (C=O) groups is 2. The molecule has 2 aromatic carbocycles. The molecule has 2 fully saturated rings. The Morgan fingerprint density at radius 3 is 2.44 bits per heavy atom. The van der Waals surface area contributed by atoms with E-state index in [1.807, 2.05) is 33.8 Å². The van der Waals surface area contributed by atoms with Gasteiger partial charge in [-0.25, -0.2) is 23.9 Å². The zero-order chi connectivity index (χ0) is 35.7. The summed E-state index contributed by atoms with van der Waals surface area (Å²) in [4.78, 5) is 43.7. The fourth-order valence-corrected chi connectivity index (χ4v) is 6.88. The molecule has 0 saturated carbocycles. The highest BCUT2D eigenvalue weighted by Crippen LogP contribution is 2.35. The van der Waals surface area contributed by atoms with E-state index in [-0.39, 0.29) is 24.6 Å². The summed E-state index contributed by atoms with van der Waals surface area (Å²) in [6, 6.07) is 12.7. The highest BCUT2D eigenvalue weighted by atomic mass is 19.1. The number of likely N-dealkylation sites (tertiary alicyclic amines) is 1. The molecule has 2 saturated heterocycles. The largest absolute Gasteiger partial charge is 0.444 e. The molecule has 11 nitrogen and oxygen atoms in total. The van der Waals surface area contributed by atoms with Gasteiger partial charge in [0.05, 0.1) is 11.8 Å². The minimum absolute atomic E-state index is 0.0200. The molecule has 0 spiro atoms. The topological polar surface area (TPSA) is 127 Å². The molecule has 0 radical (unpaired) electrons. The van der Waals surface area contributed by atoms with E-state index in [0.717, 1.165) is 42.7 Å². The molecule has 50 heavy (non-hydrogen) atoms. The van der Waals surface area contributed by atoms with Gasteiger partial charge in [-0.1, -0.05) is 38.1 Å². The van der Waals surface area contributed by atoms with Crippen LogP contribution in [0.4, 0.5) is 19.7 Å². The Balaban J connectivity index is 1.15. The van der Waals surface area contributed by atoms with Crippen LogP contribution < -0.4 is 5.32 Å². The van der Waals surface area contributed by atoms with E-state index in [2.05, 4.69) is 63.3 Å². The first-order valence-corrected chi connectivity index (χ1v) is 17.4. The number of piperazine rings is 1. The van der Waals surface area contributed by atoms with E-state index in [1.165, 1.54) is 24.0 Å². The number of aliphatic hydroxyl groups excluding tert-OH is 1. The van der Waals surface area contributed by atoms with E-state index in [9.17, 15) is 14.7 Å².